The van der Waals surface area contributed by atoms with Gasteiger partial charge in [0.05, 0.1) is 12.9 Å². The summed E-state index contributed by atoms with van der Waals surface area (Å²) in [6.45, 7) is 1.09. The number of fused-ring (bicyclic) bond motifs is 1. The fraction of sp³-hybridized carbons (Fsp3) is 0.273. The lowest BCUT2D eigenvalue weighted by atomic mass is 10.1. The van der Waals surface area contributed by atoms with Gasteiger partial charge in [0.15, 0.2) is 11.5 Å². The van der Waals surface area contributed by atoms with Crippen LogP contribution in [0, 0.1) is 0 Å². The van der Waals surface area contributed by atoms with Gasteiger partial charge in [0, 0.05) is 24.3 Å². The number of nitrogens with one attached hydrogen (secondary N) is 1. The van der Waals surface area contributed by atoms with E-state index >= 15 is 0 Å². The Hall–Kier alpha value is -3.13. The smallest absolute Gasteiger partial charge is 0.231 e. The molecule has 1 amide bonds. The first-order valence-corrected chi connectivity index (χ1v) is 10.6. The number of imidazole rings is 1. The molecule has 0 saturated heterocycles. The second-order valence-electron chi connectivity index (χ2n) is 6.76. The van der Waals surface area contributed by atoms with Crippen LogP contribution in [0.4, 0.5) is 0 Å². The third-order valence-electron chi connectivity index (χ3n) is 4.75. The summed E-state index contributed by atoms with van der Waals surface area (Å²) in [5.74, 6) is 3.17. The minimum absolute atomic E-state index is 0.0845. The molecule has 2 heterocycles. The van der Waals surface area contributed by atoms with E-state index in [-0.39, 0.29) is 17.7 Å². The number of benzene rings is 2. The van der Waals surface area contributed by atoms with Gasteiger partial charge in [0.25, 0.3) is 0 Å². The van der Waals surface area contributed by atoms with Crippen LogP contribution in [-0.2, 0) is 11.8 Å². The molecule has 1 N–H and O–H groups in total. The van der Waals surface area contributed by atoms with Gasteiger partial charge in [0.2, 0.25) is 5.91 Å². The molecule has 2 aromatic carbocycles. The normalized spacial score (nSPS) is 13.5. The molecule has 1 aliphatic heterocycles. The van der Waals surface area contributed by atoms with Crippen molar-refractivity contribution < 1.29 is 19.0 Å². The molecule has 7 nitrogen and oxygen atoms in total. The number of hydrogen-bond donors (Lipinski definition) is 1. The number of rotatable bonds is 7. The van der Waals surface area contributed by atoms with Crippen molar-refractivity contribution in [3.8, 4) is 17.2 Å². The summed E-state index contributed by atoms with van der Waals surface area (Å²) in [5.41, 5.74) is 0.933. The summed E-state index contributed by atoms with van der Waals surface area (Å²) in [5, 5.41) is 3.11. The second-order valence-corrected chi connectivity index (χ2v) is 7.81. The van der Waals surface area contributed by atoms with Crippen molar-refractivity contribution in [3.63, 3.8) is 0 Å². The van der Waals surface area contributed by atoms with Crippen LogP contribution in [0.1, 0.15) is 17.4 Å². The number of hydrogen-bond acceptors (Lipinski definition) is 6. The van der Waals surface area contributed by atoms with Crippen LogP contribution in [0.5, 0.6) is 17.2 Å². The number of aryl methyl sites for hydroxylation is 1. The van der Waals surface area contributed by atoms with Gasteiger partial charge in [-0.1, -0.05) is 12.1 Å². The molecule has 0 bridgehead atoms. The zero-order chi connectivity index (χ0) is 20.9. The molecule has 1 aromatic heterocycles. The molecule has 8 heteroatoms. The molecule has 0 fully saturated rings. The van der Waals surface area contributed by atoms with Crippen molar-refractivity contribution in [1.29, 1.82) is 0 Å². The lowest BCUT2D eigenvalue weighted by molar-refractivity contribution is -0.119. The predicted molar refractivity (Wildman–Crippen MR) is 114 cm³/mol. The molecule has 156 valence electrons. The summed E-state index contributed by atoms with van der Waals surface area (Å²) in [7, 11) is 3.54. The highest BCUT2D eigenvalue weighted by atomic mass is 32.2. The number of methoxy groups -OCH3 is 1. The second kappa shape index (κ2) is 9.13. The summed E-state index contributed by atoms with van der Waals surface area (Å²) >= 11 is 1.45. The third-order valence-corrected chi connectivity index (χ3v) is 5.75. The van der Waals surface area contributed by atoms with Crippen LogP contribution < -0.4 is 19.5 Å². The Balaban J connectivity index is 1.46. The van der Waals surface area contributed by atoms with Crippen LogP contribution in [0.2, 0.25) is 0 Å². The van der Waals surface area contributed by atoms with Gasteiger partial charge in [-0.3, -0.25) is 4.79 Å². The van der Waals surface area contributed by atoms with Gasteiger partial charge in [-0.15, -0.1) is 11.8 Å². The fourth-order valence-electron chi connectivity index (χ4n) is 3.21. The number of thioether (sulfide) groups is 1. The predicted octanol–water partition coefficient (Wildman–Crippen LogP) is 3.20. The van der Waals surface area contributed by atoms with Gasteiger partial charge < -0.3 is 24.1 Å². The first-order chi connectivity index (χ1) is 14.6. The Morgan fingerprint density at radius 1 is 1.20 bits per heavy atom. The molecule has 1 atom stereocenters. The molecule has 4 rings (SSSR count). The molecule has 1 aliphatic rings. The first kappa shape index (κ1) is 20.2. The van der Waals surface area contributed by atoms with E-state index in [9.17, 15) is 4.79 Å². The van der Waals surface area contributed by atoms with Gasteiger partial charge in [-0.25, -0.2) is 4.98 Å². The Morgan fingerprint density at radius 3 is 2.67 bits per heavy atom. The Bertz CT molecular complexity index is 1020. The quantitative estimate of drug-likeness (QED) is 0.586. The van der Waals surface area contributed by atoms with E-state index < -0.39 is 0 Å². The maximum Gasteiger partial charge on any atom is 0.231 e. The lowest BCUT2D eigenvalue weighted by Crippen LogP contribution is -2.32. The number of carbonyl (C=O) groups excluding carboxylic acids is 1. The largest absolute Gasteiger partial charge is 0.497 e. The molecule has 0 saturated carbocycles. The van der Waals surface area contributed by atoms with Gasteiger partial charge in [-0.05, 0) is 35.9 Å². The molecular formula is C22H23N3O4S. The average molecular weight is 426 g/mol. The monoisotopic (exact) mass is 425 g/mol. The highest BCUT2D eigenvalue weighted by Crippen LogP contribution is 2.34. The van der Waals surface area contributed by atoms with Gasteiger partial charge >= 0.3 is 0 Å². The van der Waals surface area contributed by atoms with Crippen LogP contribution in [0.15, 0.2) is 59.8 Å². The van der Waals surface area contributed by atoms with Gasteiger partial charge in [-0.2, -0.15) is 0 Å². The molecule has 0 spiro atoms. The van der Waals surface area contributed by atoms with Crippen molar-refractivity contribution in [3.05, 3.63) is 66.2 Å². The third kappa shape index (κ3) is 4.54. The molecule has 3 aromatic rings. The molecule has 1 unspecified atom stereocenters. The Morgan fingerprint density at radius 2 is 1.97 bits per heavy atom. The highest BCUT2D eigenvalue weighted by Gasteiger charge is 2.21. The minimum atomic E-state index is -0.357. The lowest BCUT2D eigenvalue weighted by Gasteiger charge is -2.20. The average Bonchev–Trinajstić information content (AvgIpc) is 3.21. The molecular weight excluding hydrogens is 402 g/mol. The van der Waals surface area contributed by atoms with Crippen LogP contribution in [-0.4, -0.2) is 41.5 Å². The molecule has 0 radical (unpaired) electrons. The number of amides is 1. The maximum atomic E-state index is 12.8. The molecule has 0 aliphatic carbocycles. The van der Waals surface area contributed by atoms with Crippen LogP contribution in [0.3, 0.4) is 0 Å². The first-order valence-electron chi connectivity index (χ1n) is 9.57. The zero-order valence-corrected chi connectivity index (χ0v) is 17.6. The van der Waals surface area contributed by atoms with Crippen molar-refractivity contribution in [1.82, 2.24) is 14.9 Å². The summed E-state index contributed by atoms with van der Waals surface area (Å²) in [6.07, 6.45) is 3.59. The Kier molecular flexibility index (Phi) is 6.13. The Labute approximate surface area is 179 Å². The number of aromatic nitrogens is 2. The summed E-state index contributed by atoms with van der Waals surface area (Å²) < 4.78 is 18.3. The van der Waals surface area contributed by atoms with Crippen molar-refractivity contribution in [2.24, 2.45) is 7.05 Å². The number of ether oxygens (including phenoxy) is 3. The van der Waals surface area contributed by atoms with E-state index in [0.717, 1.165) is 33.5 Å². The molecule has 30 heavy (non-hydrogen) atoms. The van der Waals surface area contributed by atoms with E-state index in [1.807, 2.05) is 60.3 Å². The fourth-order valence-corrected chi connectivity index (χ4v) is 3.95. The highest BCUT2D eigenvalue weighted by molar-refractivity contribution is 8.00. The van der Waals surface area contributed by atoms with Crippen molar-refractivity contribution >= 4 is 17.7 Å². The number of carbonyl (C=O) groups is 1. The summed E-state index contributed by atoms with van der Waals surface area (Å²) in [6, 6.07) is 13.0. The van der Waals surface area contributed by atoms with E-state index in [2.05, 4.69) is 10.3 Å². The maximum absolute atomic E-state index is 12.8. The SMILES string of the molecule is COc1ccc(C(NC(=O)CSc2ccc3c(c2)OCCO3)c2nccn2C)cc1. The van der Waals surface area contributed by atoms with E-state index in [0.29, 0.717) is 13.2 Å². The van der Waals surface area contributed by atoms with E-state index in [1.165, 1.54) is 11.8 Å². The van der Waals surface area contributed by atoms with Gasteiger partial charge in [0.1, 0.15) is 30.8 Å². The standard InChI is InChI=1S/C22H23N3O4S/c1-25-10-9-23-22(25)21(15-3-5-16(27-2)6-4-15)24-20(26)14-30-17-7-8-18-19(13-17)29-12-11-28-18/h3-10,13,21H,11-12,14H2,1-2H3,(H,24,26). The van der Waals surface area contributed by atoms with Crippen LogP contribution >= 0.6 is 11.8 Å². The number of nitrogens with zero attached hydrogens (tertiary/aromatic N) is 2. The summed E-state index contributed by atoms with van der Waals surface area (Å²) in [4.78, 5) is 18.2. The topological polar surface area (TPSA) is 74.6 Å². The van der Waals surface area contributed by atoms with E-state index in [4.69, 9.17) is 14.2 Å². The van der Waals surface area contributed by atoms with Crippen molar-refractivity contribution in [2.45, 2.75) is 10.9 Å². The van der Waals surface area contributed by atoms with E-state index in [1.54, 1.807) is 13.3 Å². The van der Waals surface area contributed by atoms with Crippen LogP contribution in [0.25, 0.3) is 0 Å². The zero-order valence-electron chi connectivity index (χ0n) is 16.8. The van der Waals surface area contributed by atoms with Crippen molar-refractivity contribution in [2.75, 3.05) is 26.1 Å². The minimum Gasteiger partial charge on any atom is -0.497 e.